The van der Waals surface area contributed by atoms with Gasteiger partial charge in [-0.3, -0.25) is 9.29 Å². The molecule has 10 nitrogen and oxygen atoms in total. The first-order valence-corrected chi connectivity index (χ1v) is 12.1. The summed E-state index contributed by atoms with van der Waals surface area (Å²) in [6.45, 7) is 0. The third kappa shape index (κ3) is 4.63. The molecule has 1 N–H and O–H groups in total. The molecule has 32 heavy (non-hydrogen) atoms. The van der Waals surface area contributed by atoms with Crippen molar-refractivity contribution in [3.05, 3.63) is 47.3 Å². The van der Waals surface area contributed by atoms with Crippen LogP contribution in [-0.2, 0) is 16.4 Å². The van der Waals surface area contributed by atoms with Crippen molar-refractivity contribution in [2.24, 2.45) is 0 Å². The number of ether oxygens (including phenoxy) is 2. The number of aryl methyl sites for hydroxylation is 1. The fraction of sp³-hybridized carbons (Fsp3) is 0.400. The Hall–Kier alpha value is -2.92. The Bertz CT molecular complexity index is 1170. The number of aromatic nitrogens is 5. The highest BCUT2D eigenvalue weighted by atomic mass is 35.5. The number of methoxy groups -OCH3 is 2. The molecule has 1 aliphatic rings. The number of nitrogens with zero attached hydrogens (tertiary/aromatic N) is 5. The Balaban J connectivity index is 1.68. The van der Waals surface area contributed by atoms with Crippen molar-refractivity contribution in [3.63, 3.8) is 0 Å². The van der Waals surface area contributed by atoms with Crippen molar-refractivity contribution in [2.75, 3.05) is 24.7 Å². The summed E-state index contributed by atoms with van der Waals surface area (Å²) < 4.78 is 41.0. The van der Waals surface area contributed by atoms with Gasteiger partial charge in [-0.05, 0) is 25.0 Å². The van der Waals surface area contributed by atoms with E-state index in [1.54, 1.807) is 37.0 Å². The monoisotopic (exact) mass is 478 g/mol. The number of nitrogens with one attached hydrogen (secondary N) is 1. The molecule has 1 fully saturated rings. The summed E-state index contributed by atoms with van der Waals surface area (Å²) in [4.78, 5) is 8.09. The zero-order chi connectivity index (χ0) is 22.7. The first-order valence-electron chi connectivity index (χ1n) is 10.1. The van der Waals surface area contributed by atoms with E-state index < -0.39 is 10.0 Å². The molecule has 0 spiro atoms. The topological polar surface area (TPSA) is 121 Å². The molecule has 3 aromatic rings. The van der Waals surface area contributed by atoms with Crippen LogP contribution in [0.1, 0.15) is 36.8 Å². The van der Waals surface area contributed by atoms with E-state index in [1.807, 2.05) is 0 Å². The van der Waals surface area contributed by atoms with Gasteiger partial charge in [0.15, 0.2) is 0 Å². The molecule has 12 heteroatoms. The largest absolute Gasteiger partial charge is 0.494 e. The number of rotatable bonds is 9. The van der Waals surface area contributed by atoms with E-state index in [0.29, 0.717) is 33.9 Å². The third-order valence-electron chi connectivity index (χ3n) is 5.30. The second-order valence-electron chi connectivity index (χ2n) is 7.34. The lowest BCUT2D eigenvalue weighted by Gasteiger charge is -2.26. The van der Waals surface area contributed by atoms with Crippen LogP contribution in [0.5, 0.6) is 11.5 Å². The standard InChI is InChI=1S/C20H23ClN6O4S/c1-30-15-7-4-8-16(31-2)18(15)27-19(13-5-3-6-13)24-25-20(27)26-32(28,29)10-9-17-22-11-14(21)12-23-17/h4,7-8,11-13H,3,5-6,9-10H2,1-2H3,(H,25,26). The average molecular weight is 479 g/mol. The van der Waals surface area contributed by atoms with Gasteiger partial charge in [0.1, 0.15) is 28.8 Å². The second kappa shape index (κ2) is 9.29. The van der Waals surface area contributed by atoms with Gasteiger partial charge in [0.25, 0.3) is 0 Å². The van der Waals surface area contributed by atoms with E-state index in [0.717, 1.165) is 19.3 Å². The van der Waals surface area contributed by atoms with Crippen molar-refractivity contribution in [1.82, 2.24) is 24.7 Å². The molecule has 0 aliphatic heterocycles. The lowest BCUT2D eigenvalue weighted by atomic mass is 9.85. The quantitative estimate of drug-likeness (QED) is 0.498. The van der Waals surface area contributed by atoms with E-state index in [-0.39, 0.29) is 24.0 Å². The highest BCUT2D eigenvalue weighted by Gasteiger charge is 2.31. The molecule has 0 unspecified atom stereocenters. The van der Waals surface area contributed by atoms with Crippen LogP contribution >= 0.6 is 11.6 Å². The van der Waals surface area contributed by atoms with Gasteiger partial charge in [0, 0.05) is 24.7 Å². The summed E-state index contributed by atoms with van der Waals surface area (Å²) >= 11 is 5.78. The Morgan fingerprint density at radius 3 is 2.34 bits per heavy atom. The molecule has 2 heterocycles. The van der Waals surface area contributed by atoms with Gasteiger partial charge in [0.2, 0.25) is 16.0 Å². The van der Waals surface area contributed by atoms with Gasteiger partial charge in [0.05, 0.1) is 25.0 Å². The number of halogens is 1. The normalized spacial score (nSPS) is 14.1. The Kier molecular flexibility index (Phi) is 6.47. The zero-order valence-electron chi connectivity index (χ0n) is 17.7. The zero-order valence-corrected chi connectivity index (χ0v) is 19.2. The number of benzene rings is 1. The maximum atomic E-state index is 12.9. The fourth-order valence-corrected chi connectivity index (χ4v) is 4.51. The third-order valence-corrected chi connectivity index (χ3v) is 6.73. The van der Waals surface area contributed by atoms with Crippen LogP contribution in [0.25, 0.3) is 5.69 Å². The lowest BCUT2D eigenvalue weighted by molar-refractivity contribution is 0.379. The second-order valence-corrected chi connectivity index (χ2v) is 9.62. The van der Waals surface area contributed by atoms with E-state index in [4.69, 9.17) is 21.1 Å². The van der Waals surface area contributed by atoms with Crippen molar-refractivity contribution in [1.29, 1.82) is 0 Å². The minimum atomic E-state index is -3.78. The summed E-state index contributed by atoms with van der Waals surface area (Å²) in [5.74, 6) is 2.09. The highest BCUT2D eigenvalue weighted by Crippen LogP contribution is 2.41. The molecule has 0 radical (unpaired) electrons. The molecule has 0 amide bonds. The number of hydrogen-bond donors (Lipinski definition) is 1. The van der Waals surface area contributed by atoms with Crippen LogP contribution in [-0.4, -0.2) is 53.1 Å². The van der Waals surface area contributed by atoms with Gasteiger partial charge >= 0.3 is 0 Å². The van der Waals surface area contributed by atoms with E-state index >= 15 is 0 Å². The van der Waals surface area contributed by atoms with Crippen molar-refractivity contribution in [3.8, 4) is 17.2 Å². The van der Waals surface area contributed by atoms with Gasteiger partial charge in [-0.2, -0.15) is 0 Å². The van der Waals surface area contributed by atoms with Crippen LogP contribution < -0.4 is 14.2 Å². The Morgan fingerprint density at radius 1 is 1.12 bits per heavy atom. The smallest absolute Gasteiger partial charge is 0.243 e. The molecule has 0 bridgehead atoms. The van der Waals surface area contributed by atoms with Gasteiger partial charge in [-0.1, -0.05) is 24.1 Å². The van der Waals surface area contributed by atoms with Crippen LogP contribution in [0.3, 0.4) is 0 Å². The van der Waals surface area contributed by atoms with Crippen LogP contribution in [0, 0.1) is 0 Å². The van der Waals surface area contributed by atoms with Crippen molar-refractivity contribution in [2.45, 2.75) is 31.6 Å². The summed E-state index contributed by atoms with van der Waals surface area (Å²) in [7, 11) is -0.695. The molecule has 4 rings (SSSR count). The number of sulfonamides is 1. The predicted octanol–water partition coefficient (Wildman–Crippen LogP) is 2.98. The van der Waals surface area contributed by atoms with Gasteiger partial charge in [-0.15, -0.1) is 10.2 Å². The minimum absolute atomic E-state index is 0.0757. The SMILES string of the molecule is COc1cccc(OC)c1-n1c(NS(=O)(=O)CCc2ncc(Cl)cn2)nnc1C1CCC1. The molecule has 1 saturated carbocycles. The average Bonchev–Trinajstić information content (AvgIpc) is 3.13. The maximum absolute atomic E-state index is 12.9. The summed E-state index contributed by atoms with van der Waals surface area (Å²) in [5.41, 5.74) is 0.545. The molecule has 2 aromatic heterocycles. The summed E-state index contributed by atoms with van der Waals surface area (Å²) in [5, 5.41) is 8.86. The van der Waals surface area contributed by atoms with E-state index in [1.165, 1.54) is 12.4 Å². The lowest BCUT2D eigenvalue weighted by Crippen LogP contribution is -2.22. The van der Waals surface area contributed by atoms with Crippen LogP contribution in [0.4, 0.5) is 5.95 Å². The minimum Gasteiger partial charge on any atom is -0.494 e. The molecular formula is C20H23ClN6O4S. The van der Waals surface area contributed by atoms with Gasteiger partial charge in [-0.25, -0.2) is 18.4 Å². The van der Waals surface area contributed by atoms with Crippen molar-refractivity contribution < 1.29 is 17.9 Å². The molecule has 0 saturated heterocycles. The fourth-order valence-electron chi connectivity index (χ4n) is 3.45. The van der Waals surface area contributed by atoms with E-state index in [9.17, 15) is 8.42 Å². The van der Waals surface area contributed by atoms with Crippen LogP contribution in [0.2, 0.25) is 5.02 Å². The summed E-state index contributed by atoms with van der Waals surface area (Å²) in [6, 6.07) is 5.35. The molecule has 0 atom stereocenters. The first kappa shape index (κ1) is 22.3. The number of anilines is 1. The maximum Gasteiger partial charge on any atom is 0.243 e. The Labute approximate surface area is 191 Å². The van der Waals surface area contributed by atoms with E-state index in [2.05, 4.69) is 24.9 Å². The predicted molar refractivity (Wildman–Crippen MR) is 119 cm³/mol. The molecule has 170 valence electrons. The number of para-hydroxylation sites is 1. The molecule has 1 aromatic carbocycles. The summed E-state index contributed by atoms with van der Waals surface area (Å²) in [6.07, 6.45) is 5.97. The number of hydrogen-bond acceptors (Lipinski definition) is 8. The molecule has 1 aliphatic carbocycles. The van der Waals surface area contributed by atoms with Crippen LogP contribution in [0.15, 0.2) is 30.6 Å². The Morgan fingerprint density at radius 2 is 1.78 bits per heavy atom. The highest BCUT2D eigenvalue weighted by molar-refractivity contribution is 7.92. The van der Waals surface area contributed by atoms with Crippen molar-refractivity contribution >= 4 is 27.6 Å². The molecular weight excluding hydrogens is 456 g/mol. The van der Waals surface area contributed by atoms with Gasteiger partial charge < -0.3 is 9.47 Å². The first-order chi connectivity index (χ1) is 15.4.